The maximum atomic E-state index is 6.08. The van der Waals surface area contributed by atoms with E-state index in [1.165, 1.54) is 0 Å². The first-order valence-electron chi connectivity index (χ1n) is 9.91. The topological polar surface area (TPSA) is 51.5 Å². The van der Waals surface area contributed by atoms with Crippen molar-refractivity contribution in [1.29, 1.82) is 0 Å². The highest BCUT2D eigenvalue weighted by Crippen LogP contribution is 2.28. The Labute approximate surface area is 184 Å². The largest absolute Gasteiger partial charge is 0.457 e. The number of rotatable bonds is 6. The van der Waals surface area contributed by atoms with Crippen molar-refractivity contribution in [2.75, 3.05) is 5.32 Å². The molecule has 5 nitrogen and oxygen atoms in total. The third-order valence-electron chi connectivity index (χ3n) is 4.91. The van der Waals surface area contributed by atoms with Crippen LogP contribution in [0.15, 0.2) is 97.3 Å². The number of nitrogens with one attached hydrogen (secondary N) is 1. The Morgan fingerprint density at radius 2 is 1.68 bits per heavy atom. The molecule has 0 unspecified atom stereocenters. The van der Waals surface area contributed by atoms with Gasteiger partial charge < -0.3 is 10.1 Å². The molecule has 31 heavy (non-hydrogen) atoms. The molecule has 6 heteroatoms. The van der Waals surface area contributed by atoms with E-state index in [1.54, 1.807) is 6.20 Å². The Kier molecular flexibility index (Phi) is 5.25. The molecule has 3 aromatic carbocycles. The van der Waals surface area contributed by atoms with Gasteiger partial charge in [-0.2, -0.15) is 9.61 Å². The molecular formula is C25H19ClN4O. The molecule has 0 saturated heterocycles. The van der Waals surface area contributed by atoms with E-state index in [4.69, 9.17) is 16.3 Å². The molecule has 5 rings (SSSR count). The molecule has 0 radical (unpaired) electrons. The van der Waals surface area contributed by atoms with Gasteiger partial charge in [0.25, 0.3) is 0 Å². The van der Waals surface area contributed by atoms with Gasteiger partial charge in [-0.1, -0.05) is 54.1 Å². The zero-order valence-corrected chi connectivity index (χ0v) is 17.3. The molecule has 0 amide bonds. The van der Waals surface area contributed by atoms with Crippen LogP contribution in [0.25, 0.3) is 16.8 Å². The molecule has 2 aromatic heterocycles. The average molecular weight is 427 g/mol. The molecule has 152 valence electrons. The second-order valence-corrected chi connectivity index (χ2v) is 7.48. The standard InChI is InChI=1S/C25H19ClN4O/c26-20-6-4-5-18(15-20)16-28-24-13-14-27-25-23(17-29-30(24)25)19-9-11-22(12-10-19)31-21-7-2-1-3-8-21/h1-15,17,28H,16H2. The summed E-state index contributed by atoms with van der Waals surface area (Å²) in [6.07, 6.45) is 3.62. The summed E-state index contributed by atoms with van der Waals surface area (Å²) in [6.45, 7) is 0.639. The molecule has 0 atom stereocenters. The lowest BCUT2D eigenvalue weighted by Gasteiger charge is -2.09. The van der Waals surface area contributed by atoms with Gasteiger partial charge in [-0.15, -0.1) is 0 Å². The average Bonchev–Trinajstić information content (AvgIpc) is 3.24. The summed E-state index contributed by atoms with van der Waals surface area (Å²) in [5.74, 6) is 2.45. The summed E-state index contributed by atoms with van der Waals surface area (Å²) in [5, 5.41) is 8.69. The van der Waals surface area contributed by atoms with E-state index < -0.39 is 0 Å². The van der Waals surface area contributed by atoms with Gasteiger partial charge in [-0.25, -0.2) is 4.98 Å². The second-order valence-electron chi connectivity index (χ2n) is 7.05. The highest BCUT2D eigenvalue weighted by atomic mass is 35.5. The van der Waals surface area contributed by atoms with Gasteiger partial charge in [0, 0.05) is 23.3 Å². The molecule has 0 aliphatic heterocycles. The first kappa shape index (κ1) is 19.2. The molecule has 2 heterocycles. The lowest BCUT2D eigenvalue weighted by atomic mass is 10.1. The highest BCUT2D eigenvalue weighted by Gasteiger charge is 2.11. The molecule has 0 bridgehead atoms. The normalized spacial score (nSPS) is 10.9. The summed E-state index contributed by atoms with van der Waals surface area (Å²) in [5.41, 5.74) is 3.86. The summed E-state index contributed by atoms with van der Waals surface area (Å²) in [7, 11) is 0. The molecule has 5 aromatic rings. The molecule has 0 fully saturated rings. The summed E-state index contributed by atoms with van der Waals surface area (Å²) < 4.78 is 7.70. The van der Waals surface area contributed by atoms with Crippen molar-refractivity contribution < 1.29 is 4.74 Å². The maximum absolute atomic E-state index is 6.08. The van der Waals surface area contributed by atoms with Crippen LogP contribution in [-0.2, 0) is 6.54 Å². The van der Waals surface area contributed by atoms with Crippen LogP contribution in [0.4, 0.5) is 5.82 Å². The van der Waals surface area contributed by atoms with Crippen molar-refractivity contribution in [2.45, 2.75) is 6.54 Å². The lowest BCUT2D eigenvalue weighted by Crippen LogP contribution is -2.05. The van der Waals surface area contributed by atoms with Crippen molar-refractivity contribution in [3.8, 4) is 22.6 Å². The number of aromatic nitrogens is 3. The quantitative estimate of drug-likeness (QED) is 0.339. The minimum absolute atomic E-state index is 0.639. The minimum Gasteiger partial charge on any atom is -0.457 e. The number of fused-ring (bicyclic) bond motifs is 1. The smallest absolute Gasteiger partial charge is 0.165 e. The van der Waals surface area contributed by atoms with E-state index in [0.29, 0.717) is 6.54 Å². The zero-order valence-electron chi connectivity index (χ0n) is 16.6. The van der Waals surface area contributed by atoms with Crippen LogP contribution >= 0.6 is 11.6 Å². The van der Waals surface area contributed by atoms with E-state index in [2.05, 4.69) is 15.4 Å². The molecule has 0 aliphatic rings. The van der Waals surface area contributed by atoms with Crippen molar-refractivity contribution in [2.24, 2.45) is 0 Å². The van der Waals surface area contributed by atoms with Gasteiger partial charge in [-0.05, 0) is 53.6 Å². The van der Waals surface area contributed by atoms with Crippen molar-refractivity contribution >= 4 is 23.1 Å². The third-order valence-corrected chi connectivity index (χ3v) is 5.14. The number of nitrogens with zero attached hydrogens (tertiary/aromatic N) is 3. The Hall–Kier alpha value is -3.83. The monoisotopic (exact) mass is 426 g/mol. The number of hydrogen-bond donors (Lipinski definition) is 1. The molecule has 1 N–H and O–H groups in total. The van der Waals surface area contributed by atoms with E-state index in [-0.39, 0.29) is 0 Å². The van der Waals surface area contributed by atoms with Crippen LogP contribution in [0.2, 0.25) is 5.02 Å². The maximum Gasteiger partial charge on any atom is 0.165 e. The zero-order chi connectivity index (χ0) is 21.0. The van der Waals surface area contributed by atoms with E-state index in [1.807, 2.05) is 95.6 Å². The number of benzene rings is 3. The van der Waals surface area contributed by atoms with Gasteiger partial charge >= 0.3 is 0 Å². The second kappa shape index (κ2) is 8.50. The summed E-state index contributed by atoms with van der Waals surface area (Å²) in [6, 6.07) is 27.4. The van der Waals surface area contributed by atoms with Crippen LogP contribution in [0, 0.1) is 0 Å². The Bertz CT molecular complexity index is 1320. The molecule has 0 spiro atoms. The van der Waals surface area contributed by atoms with E-state index in [0.717, 1.165) is 44.7 Å². The number of hydrogen-bond acceptors (Lipinski definition) is 4. The van der Waals surface area contributed by atoms with Crippen LogP contribution in [-0.4, -0.2) is 14.6 Å². The lowest BCUT2D eigenvalue weighted by molar-refractivity contribution is 0.483. The van der Waals surface area contributed by atoms with Crippen LogP contribution < -0.4 is 10.1 Å². The van der Waals surface area contributed by atoms with Crippen LogP contribution in [0.3, 0.4) is 0 Å². The fourth-order valence-corrected chi connectivity index (χ4v) is 3.61. The number of anilines is 1. The Morgan fingerprint density at radius 1 is 0.871 bits per heavy atom. The van der Waals surface area contributed by atoms with Gasteiger partial charge in [-0.3, -0.25) is 0 Å². The Morgan fingerprint density at radius 3 is 2.48 bits per heavy atom. The predicted molar refractivity (Wildman–Crippen MR) is 124 cm³/mol. The number of halogens is 1. The molecule has 0 saturated carbocycles. The van der Waals surface area contributed by atoms with Crippen molar-refractivity contribution in [1.82, 2.24) is 14.6 Å². The SMILES string of the molecule is Clc1cccc(CNc2ccnc3c(-c4ccc(Oc5ccccc5)cc4)cnn23)c1. The number of para-hydroxylation sites is 1. The van der Waals surface area contributed by atoms with Crippen LogP contribution in [0.5, 0.6) is 11.5 Å². The fraction of sp³-hybridized carbons (Fsp3) is 0.0400. The van der Waals surface area contributed by atoms with Gasteiger partial charge in [0.1, 0.15) is 17.3 Å². The van der Waals surface area contributed by atoms with Gasteiger partial charge in [0.15, 0.2) is 5.65 Å². The van der Waals surface area contributed by atoms with Gasteiger partial charge in [0.2, 0.25) is 0 Å². The first-order chi connectivity index (χ1) is 15.3. The van der Waals surface area contributed by atoms with Crippen LogP contribution in [0.1, 0.15) is 5.56 Å². The highest BCUT2D eigenvalue weighted by molar-refractivity contribution is 6.30. The fourth-order valence-electron chi connectivity index (χ4n) is 3.40. The summed E-state index contributed by atoms with van der Waals surface area (Å²) in [4.78, 5) is 4.55. The number of ether oxygens (including phenoxy) is 1. The van der Waals surface area contributed by atoms with Crippen molar-refractivity contribution in [3.63, 3.8) is 0 Å². The van der Waals surface area contributed by atoms with Crippen molar-refractivity contribution in [3.05, 3.63) is 108 Å². The minimum atomic E-state index is 0.639. The van der Waals surface area contributed by atoms with E-state index in [9.17, 15) is 0 Å². The molecule has 0 aliphatic carbocycles. The first-order valence-corrected chi connectivity index (χ1v) is 10.3. The van der Waals surface area contributed by atoms with Gasteiger partial charge in [0.05, 0.1) is 6.20 Å². The summed E-state index contributed by atoms with van der Waals surface area (Å²) >= 11 is 6.08. The predicted octanol–water partition coefficient (Wildman–Crippen LogP) is 6.45. The Balaban J connectivity index is 1.38. The van der Waals surface area contributed by atoms with E-state index >= 15 is 0 Å². The molecular weight excluding hydrogens is 408 g/mol. The third kappa shape index (κ3) is 4.22.